The fraction of sp³-hybridized carbons (Fsp3) is 0.167. The Bertz CT molecular complexity index is 1660. The van der Waals surface area contributed by atoms with E-state index in [9.17, 15) is 9.59 Å². The largest absolute Gasteiger partial charge is 0.385 e. The maximum Gasteiger partial charge on any atom is 0.269 e. The van der Waals surface area contributed by atoms with E-state index in [0.717, 1.165) is 44.7 Å². The molecule has 0 saturated heterocycles. The fourth-order valence-corrected chi connectivity index (χ4v) is 5.01. The highest BCUT2D eigenvalue weighted by molar-refractivity contribution is 6.00. The number of nitrogens with one attached hydrogen (secondary N) is 3. The van der Waals surface area contributed by atoms with E-state index in [2.05, 4.69) is 31.7 Å². The van der Waals surface area contributed by atoms with E-state index in [-0.39, 0.29) is 23.6 Å². The summed E-state index contributed by atoms with van der Waals surface area (Å²) >= 11 is 0. The number of benzene rings is 2. The van der Waals surface area contributed by atoms with Crippen LogP contribution in [0.5, 0.6) is 0 Å². The number of methoxy groups -OCH3 is 1. The molecule has 3 aromatic heterocycles. The molecule has 39 heavy (non-hydrogen) atoms. The Morgan fingerprint density at radius 3 is 2.69 bits per heavy atom. The average Bonchev–Trinajstić information content (AvgIpc) is 3.55. The molecule has 6 rings (SSSR count). The number of hydrogen-bond acceptors (Lipinski definition) is 6. The first-order valence-corrected chi connectivity index (χ1v) is 12.7. The van der Waals surface area contributed by atoms with Crippen molar-refractivity contribution < 1.29 is 14.3 Å². The summed E-state index contributed by atoms with van der Waals surface area (Å²) in [5, 5.41) is 5.99. The van der Waals surface area contributed by atoms with Gasteiger partial charge >= 0.3 is 0 Å². The molecule has 1 aliphatic rings. The van der Waals surface area contributed by atoms with Gasteiger partial charge in [-0.1, -0.05) is 42.5 Å². The van der Waals surface area contributed by atoms with E-state index in [1.54, 1.807) is 25.6 Å². The first-order chi connectivity index (χ1) is 19.1. The van der Waals surface area contributed by atoms with Crippen LogP contribution in [-0.2, 0) is 4.74 Å². The molecule has 0 aliphatic heterocycles. The first-order valence-electron chi connectivity index (χ1n) is 12.7. The molecular weight excluding hydrogens is 492 g/mol. The topological polar surface area (TPSA) is 122 Å². The van der Waals surface area contributed by atoms with Crippen molar-refractivity contribution in [2.45, 2.75) is 12.5 Å². The molecule has 1 atom stereocenters. The number of ether oxygens (including phenoxy) is 1. The molecule has 0 spiro atoms. The van der Waals surface area contributed by atoms with E-state index >= 15 is 0 Å². The quantitative estimate of drug-likeness (QED) is 0.264. The second-order valence-corrected chi connectivity index (χ2v) is 9.27. The number of aromatic amines is 1. The third kappa shape index (κ3) is 4.64. The second kappa shape index (κ2) is 10.5. The van der Waals surface area contributed by atoms with Crippen LogP contribution in [0.1, 0.15) is 44.4 Å². The number of hydrogen-bond donors (Lipinski definition) is 3. The number of aromatic nitrogens is 4. The Balaban J connectivity index is 1.31. The minimum absolute atomic E-state index is 0.189. The Hall–Kier alpha value is -4.89. The lowest BCUT2D eigenvalue weighted by Crippen LogP contribution is -2.29. The van der Waals surface area contributed by atoms with E-state index < -0.39 is 0 Å². The number of nitrogens with zero attached hydrogens (tertiary/aromatic N) is 3. The molecule has 3 N–H and O–H groups in total. The maximum absolute atomic E-state index is 13.5. The smallest absolute Gasteiger partial charge is 0.269 e. The molecule has 0 bridgehead atoms. The molecule has 1 aliphatic carbocycles. The minimum Gasteiger partial charge on any atom is -0.385 e. The number of amides is 2. The molecular formula is C30H26N6O3. The van der Waals surface area contributed by atoms with E-state index in [0.29, 0.717) is 25.1 Å². The number of carbonyl (C=O) groups is 2. The molecule has 3 heterocycles. The standard InChI is InChI=1S/C30H26N6O3/c1-39-15-5-12-33-30(38)24-16-18(10-14-32-24)29(37)36-27-20-7-3-2-6-19(20)26-21(27)8-4-9-22(26)28-34-23-11-13-31-17-25(23)35-28/h2-4,6-11,13-14,16-17,27H,5,12,15H2,1H3,(H,33,38)(H,34,35)(H,36,37). The number of rotatable bonds is 8. The van der Waals surface area contributed by atoms with Crippen LogP contribution in [0.25, 0.3) is 33.5 Å². The third-order valence-electron chi connectivity index (χ3n) is 6.83. The van der Waals surface area contributed by atoms with Crippen LogP contribution in [0.2, 0.25) is 0 Å². The van der Waals surface area contributed by atoms with Crippen molar-refractivity contribution in [3.8, 4) is 22.5 Å². The summed E-state index contributed by atoms with van der Waals surface area (Å²) in [5.41, 5.74) is 7.23. The van der Waals surface area contributed by atoms with Gasteiger partial charge in [0.1, 0.15) is 11.5 Å². The van der Waals surface area contributed by atoms with Gasteiger partial charge in [0.05, 0.1) is 23.3 Å². The first kappa shape index (κ1) is 24.4. The van der Waals surface area contributed by atoms with Crippen molar-refractivity contribution in [1.82, 2.24) is 30.6 Å². The zero-order valence-electron chi connectivity index (χ0n) is 21.3. The summed E-state index contributed by atoms with van der Waals surface area (Å²) in [4.78, 5) is 42.5. The zero-order valence-corrected chi connectivity index (χ0v) is 21.3. The Morgan fingerprint density at radius 1 is 0.974 bits per heavy atom. The minimum atomic E-state index is -0.366. The van der Waals surface area contributed by atoms with E-state index in [1.165, 1.54) is 12.3 Å². The van der Waals surface area contributed by atoms with Crippen LogP contribution >= 0.6 is 0 Å². The van der Waals surface area contributed by atoms with Gasteiger partial charge in [0, 0.05) is 43.8 Å². The lowest BCUT2D eigenvalue weighted by molar-refractivity contribution is 0.0943. The van der Waals surface area contributed by atoms with Crippen LogP contribution in [0.3, 0.4) is 0 Å². The lowest BCUT2D eigenvalue weighted by atomic mass is 9.98. The number of imidazole rings is 1. The highest BCUT2D eigenvalue weighted by Gasteiger charge is 2.32. The molecule has 0 saturated carbocycles. The summed E-state index contributed by atoms with van der Waals surface area (Å²) in [6.45, 7) is 1.01. The summed E-state index contributed by atoms with van der Waals surface area (Å²) < 4.78 is 5.01. The van der Waals surface area contributed by atoms with Crippen molar-refractivity contribution in [1.29, 1.82) is 0 Å². The highest BCUT2D eigenvalue weighted by Crippen LogP contribution is 2.47. The molecule has 9 nitrogen and oxygen atoms in total. The second-order valence-electron chi connectivity index (χ2n) is 9.27. The van der Waals surface area contributed by atoms with Crippen LogP contribution in [0, 0.1) is 0 Å². The van der Waals surface area contributed by atoms with Crippen molar-refractivity contribution in [2.24, 2.45) is 0 Å². The molecule has 2 amide bonds. The van der Waals surface area contributed by atoms with Crippen LogP contribution in [0.4, 0.5) is 0 Å². The van der Waals surface area contributed by atoms with E-state index in [1.807, 2.05) is 42.5 Å². The Morgan fingerprint density at radius 2 is 1.82 bits per heavy atom. The van der Waals surface area contributed by atoms with Crippen molar-refractivity contribution in [3.63, 3.8) is 0 Å². The van der Waals surface area contributed by atoms with Gasteiger partial charge in [-0.15, -0.1) is 0 Å². The Kier molecular flexibility index (Phi) is 6.56. The zero-order chi connectivity index (χ0) is 26.8. The van der Waals surface area contributed by atoms with Gasteiger partial charge in [0.15, 0.2) is 0 Å². The summed E-state index contributed by atoms with van der Waals surface area (Å²) in [7, 11) is 1.62. The van der Waals surface area contributed by atoms with E-state index in [4.69, 9.17) is 9.72 Å². The van der Waals surface area contributed by atoms with Gasteiger partial charge < -0.3 is 20.4 Å². The predicted octanol–water partition coefficient (Wildman–Crippen LogP) is 4.29. The predicted molar refractivity (Wildman–Crippen MR) is 147 cm³/mol. The molecule has 9 heteroatoms. The van der Waals surface area contributed by atoms with Gasteiger partial charge in [-0.3, -0.25) is 19.6 Å². The Labute approximate surface area is 224 Å². The maximum atomic E-state index is 13.5. The SMILES string of the molecule is COCCCNC(=O)c1cc(C(=O)NC2c3ccccc3-c3c(-c4nc5ccncc5[nH]4)cccc32)ccn1. The normalized spacial score (nSPS) is 13.6. The van der Waals surface area contributed by atoms with Crippen molar-refractivity contribution in [3.05, 3.63) is 102 Å². The van der Waals surface area contributed by atoms with Gasteiger partial charge in [-0.05, 0) is 46.9 Å². The number of pyridine rings is 2. The van der Waals surface area contributed by atoms with Gasteiger partial charge in [-0.25, -0.2) is 4.98 Å². The molecule has 5 aromatic rings. The number of H-pyrrole nitrogens is 1. The lowest BCUT2D eigenvalue weighted by Gasteiger charge is -2.16. The van der Waals surface area contributed by atoms with Gasteiger partial charge in [0.2, 0.25) is 0 Å². The number of carbonyl (C=O) groups excluding carboxylic acids is 2. The fourth-order valence-electron chi connectivity index (χ4n) is 5.01. The van der Waals surface area contributed by atoms with Gasteiger partial charge in [-0.2, -0.15) is 0 Å². The summed E-state index contributed by atoms with van der Waals surface area (Å²) in [5.74, 6) is 0.119. The van der Waals surface area contributed by atoms with Crippen LogP contribution < -0.4 is 10.6 Å². The van der Waals surface area contributed by atoms with Gasteiger partial charge in [0.25, 0.3) is 11.8 Å². The average molecular weight is 519 g/mol. The monoisotopic (exact) mass is 518 g/mol. The molecule has 1 unspecified atom stereocenters. The van der Waals surface area contributed by atoms with Crippen LogP contribution in [0.15, 0.2) is 79.3 Å². The third-order valence-corrected chi connectivity index (χ3v) is 6.83. The van der Waals surface area contributed by atoms with Crippen LogP contribution in [-0.4, -0.2) is 52.0 Å². The summed E-state index contributed by atoms with van der Waals surface area (Å²) in [6, 6.07) is 18.7. The molecule has 194 valence electrons. The summed E-state index contributed by atoms with van der Waals surface area (Å²) in [6.07, 6.45) is 5.65. The highest BCUT2D eigenvalue weighted by atomic mass is 16.5. The van der Waals surface area contributed by atoms with Crippen molar-refractivity contribution in [2.75, 3.05) is 20.3 Å². The molecule has 0 fully saturated rings. The van der Waals surface area contributed by atoms with Crippen molar-refractivity contribution >= 4 is 22.8 Å². The molecule has 2 aromatic carbocycles. The molecule has 0 radical (unpaired) electrons. The number of fused-ring (bicyclic) bond motifs is 4.